The summed E-state index contributed by atoms with van der Waals surface area (Å²) in [6, 6.07) is 0. The molecule has 0 aliphatic heterocycles. The van der Waals surface area contributed by atoms with E-state index < -0.39 is 10.0 Å². The monoisotopic (exact) mass is 176 g/mol. The van der Waals surface area contributed by atoms with Crippen LogP contribution in [0, 0.1) is 0 Å². The fourth-order valence-electron chi connectivity index (χ4n) is 0.475. The van der Waals surface area contributed by atoms with Crippen molar-refractivity contribution >= 4 is 16.0 Å². The van der Waals surface area contributed by atoms with Gasteiger partial charge in [0, 0.05) is 12.4 Å². The molecule has 1 aromatic rings. The minimum atomic E-state index is -3.22. The topological polar surface area (TPSA) is 86.9 Å². The lowest BCUT2D eigenvalue weighted by atomic mass is 11.0. The van der Waals surface area contributed by atoms with Gasteiger partial charge in [-0.15, -0.1) is 4.83 Å². The minimum absolute atomic E-state index is 0.357. The smallest absolute Gasteiger partial charge is 0.225 e. The van der Waals surface area contributed by atoms with Gasteiger partial charge in [-0.1, -0.05) is 0 Å². The van der Waals surface area contributed by atoms with Crippen molar-refractivity contribution in [3.8, 4) is 0 Å². The van der Waals surface area contributed by atoms with E-state index in [0.717, 1.165) is 6.26 Å². The number of aromatic nitrogens is 2. The summed E-state index contributed by atoms with van der Waals surface area (Å²) in [6.07, 6.45) is 4.13. The number of nitrogens with one attached hydrogen (secondary N) is 3. The Morgan fingerprint density at radius 2 is 2.36 bits per heavy atom. The first kappa shape index (κ1) is 8.02. The van der Waals surface area contributed by atoms with Crippen LogP contribution in [0.5, 0.6) is 0 Å². The van der Waals surface area contributed by atoms with E-state index in [4.69, 9.17) is 0 Å². The second-order valence-corrected chi connectivity index (χ2v) is 3.69. The van der Waals surface area contributed by atoms with Gasteiger partial charge in [-0.05, 0) is 0 Å². The predicted octanol–water partition coefficient (Wildman–Crippen LogP) is -0.714. The van der Waals surface area contributed by atoms with E-state index in [1.807, 2.05) is 0 Å². The molecule has 6 nitrogen and oxygen atoms in total. The number of anilines is 1. The van der Waals surface area contributed by atoms with E-state index in [2.05, 4.69) is 20.2 Å². The molecular formula is C4H8N4O2S. The number of aromatic amines is 1. The molecule has 0 aliphatic rings. The lowest BCUT2D eigenvalue weighted by Gasteiger charge is -2.00. The van der Waals surface area contributed by atoms with E-state index in [-0.39, 0.29) is 0 Å². The average molecular weight is 176 g/mol. The number of hydrogen-bond donors (Lipinski definition) is 3. The van der Waals surface area contributed by atoms with Crippen LogP contribution in [0.2, 0.25) is 0 Å². The van der Waals surface area contributed by atoms with Gasteiger partial charge in [0.2, 0.25) is 16.0 Å². The molecule has 11 heavy (non-hydrogen) atoms. The highest BCUT2D eigenvalue weighted by Gasteiger charge is 1.98. The molecule has 1 aromatic heterocycles. The molecule has 0 aromatic carbocycles. The van der Waals surface area contributed by atoms with E-state index in [0.29, 0.717) is 5.95 Å². The molecule has 0 aliphatic carbocycles. The normalized spacial score (nSPS) is 11.4. The van der Waals surface area contributed by atoms with Gasteiger partial charge in [0.1, 0.15) is 0 Å². The van der Waals surface area contributed by atoms with Crippen molar-refractivity contribution in [3.05, 3.63) is 12.4 Å². The van der Waals surface area contributed by atoms with Crippen LogP contribution in [-0.2, 0) is 10.0 Å². The molecule has 0 unspecified atom stereocenters. The van der Waals surface area contributed by atoms with Gasteiger partial charge in [0.15, 0.2) is 0 Å². The molecule has 7 heteroatoms. The number of H-pyrrole nitrogens is 1. The third-order valence-corrected chi connectivity index (χ3v) is 1.33. The quantitative estimate of drug-likeness (QED) is 0.531. The van der Waals surface area contributed by atoms with Crippen LogP contribution in [0.15, 0.2) is 12.4 Å². The SMILES string of the molecule is CS(=O)(=O)NNc1ncc[nH]1. The van der Waals surface area contributed by atoms with Crippen LogP contribution in [0.3, 0.4) is 0 Å². The van der Waals surface area contributed by atoms with Crippen molar-refractivity contribution in [2.24, 2.45) is 0 Å². The molecule has 0 saturated heterocycles. The lowest BCUT2D eigenvalue weighted by molar-refractivity contribution is 0.593. The van der Waals surface area contributed by atoms with Crippen molar-refractivity contribution in [3.63, 3.8) is 0 Å². The molecule has 0 amide bonds. The molecular weight excluding hydrogens is 168 g/mol. The maximum Gasteiger partial charge on any atom is 0.225 e. The fraction of sp³-hybridized carbons (Fsp3) is 0.250. The van der Waals surface area contributed by atoms with Crippen LogP contribution < -0.4 is 10.3 Å². The molecule has 1 heterocycles. The van der Waals surface area contributed by atoms with E-state index in [1.54, 1.807) is 6.20 Å². The Hall–Kier alpha value is -1.08. The molecule has 3 N–H and O–H groups in total. The van der Waals surface area contributed by atoms with Crippen LogP contribution in [0.25, 0.3) is 0 Å². The van der Waals surface area contributed by atoms with Crippen LogP contribution in [0.4, 0.5) is 5.95 Å². The van der Waals surface area contributed by atoms with Gasteiger partial charge in [0.25, 0.3) is 0 Å². The van der Waals surface area contributed by atoms with Crippen LogP contribution >= 0.6 is 0 Å². The zero-order valence-electron chi connectivity index (χ0n) is 5.83. The summed E-state index contributed by atoms with van der Waals surface area (Å²) >= 11 is 0. The summed E-state index contributed by atoms with van der Waals surface area (Å²) in [5, 5.41) is 0. The molecule has 0 radical (unpaired) electrons. The molecule has 0 fully saturated rings. The number of imidazole rings is 1. The van der Waals surface area contributed by atoms with E-state index >= 15 is 0 Å². The van der Waals surface area contributed by atoms with Gasteiger partial charge in [-0.25, -0.2) is 13.4 Å². The number of hydrogen-bond acceptors (Lipinski definition) is 4. The summed E-state index contributed by atoms with van der Waals surface area (Å²) in [5.41, 5.74) is 2.36. The second-order valence-electron chi connectivity index (χ2n) is 1.94. The van der Waals surface area contributed by atoms with Gasteiger partial charge in [0.05, 0.1) is 6.26 Å². The maximum absolute atomic E-state index is 10.5. The first-order chi connectivity index (χ1) is 5.08. The van der Waals surface area contributed by atoms with E-state index in [9.17, 15) is 8.42 Å². The Labute approximate surface area is 64.1 Å². The van der Waals surface area contributed by atoms with Crippen molar-refractivity contribution in [1.82, 2.24) is 14.8 Å². The first-order valence-corrected chi connectivity index (χ1v) is 4.69. The summed E-state index contributed by atoms with van der Waals surface area (Å²) < 4.78 is 21.0. The Morgan fingerprint density at radius 3 is 2.82 bits per heavy atom. The van der Waals surface area contributed by atoms with E-state index in [1.165, 1.54) is 6.20 Å². The third-order valence-electron chi connectivity index (χ3n) is 0.853. The molecule has 0 bridgehead atoms. The van der Waals surface area contributed by atoms with Crippen LogP contribution in [-0.4, -0.2) is 24.6 Å². The fourth-order valence-corrected chi connectivity index (χ4v) is 0.757. The minimum Gasteiger partial charge on any atom is -0.330 e. The molecule has 0 saturated carbocycles. The summed E-state index contributed by atoms with van der Waals surface area (Å²) in [7, 11) is -3.22. The van der Waals surface area contributed by atoms with Gasteiger partial charge in [-0.3, -0.25) is 5.43 Å². The van der Waals surface area contributed by atoms with Gasteiger partial charge in [-0.2, -0.15) is 0 Å². The van der Waals surface area contributed by atoms with Crippen molar-refractivity contribution in [2.45, 2.75) is 0 Å². The largest absolute Gasteiger partial charge is 0.330 e. The molecule has 0 atom stereocenters. The third kappa shape index (κ3) is 3.01. The summed E-state index contributed by atoms with van der Waals surface area (Å²) in [4.78, 5) is 8.44. The summed E-state index contributed by atoms with van der Waals surface area (Å²) in [6.45, 7) is 0. The van der Waals surface area contributed by atoms with Gasteiger partial charge >= 0.3 is 0 Å². The van der Waals surface area contributed by atoms with Crippen molar-refractivity contribution in [1.29, 1.82) is 0 Å². The Balaban J connectivity index is 2.48. The standard InChI is InChI=1S/C4H8N4O2S/c1-11(9,10)8-7-4-5-2-3-6-4/h2-3,8H,1H3,(H2,5,6,7). The Bertz CT molecular complexity index is 303. The highest BCUT2D eigenvalue weighted by atomic mass is 32.2. The van der Waals surface area contributed by atoms with Gasteiger partial charge < -0.3 is 4.98 Å². The Kier molecular flexibility index (Phi) is 2.11. The Morgan fingerprint density at radius 1 is 1.64 bits per heavy atom. The molecule has 1 rings (SSSR count). The second kappa shape index (κ2) is 2.89. The summed E-state index contributed by atoms with van der Waals surface area (Å²) in [5.74, 6) is 0.357. The highest BCUT2D eigenvalue weighted by Crippen LogP contribution is 1.91. The number of nitrogens with zero attached hydrogens (tertiary/aromatic N) is 1. The zero-order chi connectivity index (χ0) is 8.32. The number of hydrazine groups is 1. The maximum atomic E-state index is 10.5. The molecule has 0 spiro atoms. The number of sulfonamides is 1. The van der Waals surface area contributed by atoms with Crippen molar-refractivity contribution in [2.75, 3.05) is 11.7 Å². The highest BCUT2D eigenvalue weighted by molar-refractivity contribution is 7.88. The average Bonchev–Trinajstić information content (AvgIpc) is 2.32. The first-order valence-electron chi connectivity index (χ1n) is 2.80. The molecule has 62 valence electrons. The number of rotatable bonds is 3. The van der Waals surface area contributed by atoms with Crippen LogP contribution in [0.1, 0.15) is 0 Å². The lowest BCUT2D eigenvalue weighted by Crippen LogP contribution is -2.28. The predicted molar refractivity (Wildman–Crippen MR) is 40.2 cm³/mol. The van der Waals surface area contributed by atoms with Crippen molar-refractivity contribution < 1.29 is 8.42 Å². The zero-order valence-corrected chi connectivity index (χ0v) is 6.64.